The minimum absolute atomic E-state index is 0.0762. The van der Waals surface area contributed by atoms with E-state index in [0.29, 0.717) is 36.8 Å². The molecule has 8 nitrogen and oxygen atoms in total. The second-order valence-corrected chi connectivity index (χ2v) is 8.82. The van der Waals surface area contributed by atoms with Crippen LogP contribution in [0.25, 0.3) is 0 Å². The number of carbonyl (C=O) groups is 1. The van der Waals surface area contributed by atoms with Gasteiger partial charge in [-0.25, -0.2) is 12.7 Å². The number of carbonyl (C=O) groups excluding carboxylic acids is 1. The first kappa shape index (κ1) is 23.7. The van der Waals surface area contributed by atoms with Crippen molar-refractivity contribution in [2.45, 2.75) is 11.8 Å². The van der Waals surface area contributed by atoms with E-state index in [-0.39, 0.29) is 10.0 Å². The Morgan fingerprint density at radius 1 is 1.07 bits per heavy atom. The average Bonchev–Trinajstić information content (AvgIpc) is 2.71. The molecule has 2 aromatic rings. The Hall–Kier alpha value is -2.53. The Balaban J connectivity index is 1.99. The van der Waals surface area contributed by atoms with Crippen LogP contribution in [0.1, 0.15) is 17.3 Å². The van der Waals surface area contributed by atoms with Crippen LogP contribution in [0.5, 0.6) is 5.75 Å². The molecular weight excluding hydrogens is 426 g/mol. The van der Waals surface area contributed by atoms with E-state index >= 15 is 0 Å². The molecular formula is C20H25N3O5S2. The SMILES string of the molecule is CCOCCOc1ccccc1C(=O)NC(=S)Nc1ccc(S(=O)(=O)N(C)C)cc1. The monoisotopic (exact) mass is 451 g/mol. The van der Waals surface area contributed by atoms with Crippen molar-refractivity contribution in [3.8, 4) is 5.75 Å². The molecule has 0 spiro atoms. The lowest BCUT2D eigenvalue weighted by molar-refractivity contribution is 0.0958. The van der Waals surface area contributed by atoms with Crippen LogP contribution in [0.15, 0.2) is 53.4 Å². The third-order valence-electron chi connectivity index (χ3n) is 3.94. The Labute approximate surface area is 182 Å². The van der Waals surface area contributed by atoms with Gasteiger partial charge in [0.1, 0.15) is 12.4 Å². The number of benzene rings is 2. The van der Waals surface area contributed by atoms with E-state index in [1.807, 2.05) is 6.92 Å². The van der Waals surface area contributed by atoms with Gasteiger partial charge >= 0.3 is 0 Å². The van der Waals surface area contributed by atoms with Crippen molar-refractivity contribution in [3.63, 3.8) is 0 Å². The Bertz CT molecular complexity index is 976. The maximum atomic E-state index is 12.6. The summed E-state index contributed by atoms with van der Waals surface area (Å²) in [6, 6.07) is 12.9. The maximum absolute atomic E-state index is 12.6. The maximum Gasteiger partial charge on any atom is 0.261 e. The molecule has 0 bridgehead atoms. The van der Waals surface area contributed by atoms with E-state index in [1.54, 1.807) is 36.4 Å². The molecule has 0 aliphatic carbocycles. The summed E-state index contributed by atoms with van der Waals surface area (Å²) in [6.45, 7) is 3.23. The van der Waals surface area contributed by atoms with Crippen LogP contribution in [0, 0.1) is 0 Å². The molecule has 162 valence electrons. The fourth-order valence-corrected chi connectivity index (χ4v) is 3.50. The fourth-order valence-electron chi connectivity index (χ4n) is 2.39. The van der Waals surface area contributed by atoms with Gasteiger partial charge in [-0.2, -0.15) is 0 Å². The molecule has 0 aliphatic rings. The van der Waals surface area contributed by atoms with E-state index in [4.69, 9.17) is 21.7 Å². The van der Waals surface area contributed by atoms with Crippen molar-refractivity contribution < 1.29 is 22.7 Å². The van der Waals surface area contributed by atoms with Crippen LogP contribution in [0.2, 0.25) is 0 Å². The highest BCUT2D eigenvalue weighted by Crippen LogP contribution is 2.19. The molecule has 10 heteroatoms. The quantitative estimate of drug-likeness (QED) is 0.447. The summed E-state index contributed by atoms with van der Waals surface area (Å²) in [5.41, 5.74) is 0.879. The van der Waals surface area contributed by atoms with Gasteiger partial charge in [0, 0.05) is 26.4 Å². The molecule has 0 saturated heterocycles. The van der Waals surface area contributed by atoms with Crippen molar-refractivity contribution >= 4 is 38.9 Å². The smallest absolute Gasteiger partial charge is 0.261 e. The zero-order valence-corrected chi connectivity index (χ0v) is 18.7. The van der Waals surface area contributed by atoms with Crippen molar-refractivity contribution in [2.24, 2.45) is 0 Å². The summed E-state index contributed by atoms with van der Waals surface area (Å²) in [5.74, 6) is 0.00191. The molecule has 0 unspecified atom stereocenters. The Morgan fingerprint density at radius 2 is 1.73 bits per heavy atom. The van der Waals surface area contributed by atoms with E-state index in [9.17, 15) is 13.2 Å². The lowest BCUT2D eigenvalue weighted by Gasteiger charge is -2.14. The molecule has 0 aromatic heterocycles. The number of ether oxygens (including phenoxy) is 2. The highest BCUT2D eigenvalue weighted by atomic mass is 32.2. The minimum atomic E-state index is -3.51. The Kier molecular flexibility index (Phi) is 8.72. The number of amides is 1. The molecule has 1 amide bonds. The molecule has 0 atom stereocenters. The fraction of sp³-hybridized carbons (Fsp3) is 0.300. The minimum Gasteiger partial charge on any atom is -0.490 e. The summed E-state index contributed by atoms with van der Waals surface area (Å²) in [7, 11) is -0.588. The van der Waals surface area contributed by atoms with Crippen LogP contribution < -0.4 is 15.4 Å². The van der Waals surface area contributed by atoms with E-state index < -0.39 is 15.9 Å². The molecule has 0 radical (unpaired) electrons. The number of sulfonamides is 1. The summed E-state index contributed by atoms with van der Waals surface area (Å²) < 4.78 is 36.2. The molecule has 2 aromatic carbocycles. The number of hydrogen-bond donors (Lipinski definition) is 2. The van der Waals surface area contributed by atoms with Gasteiger partial charge in [0.15, 0.2) is 5.11 Å². The normalized spacial score (nSPS) is 11.2. The highest BCUT2D eigenvalue weighted by molar-refractivity contribution is 7.89. The van der Waals surface area contributed by atoms with Gasteiger partial charge in [-0.05, 0) is 55.5 Å². The van der Waals surface area contributed by atoms with Crippen molar-refractivity contribution in [1.29, 1.82) is 0 Å². The summed E-state index contributed by atoms with van der Waals surface area (Å²) in [4.78, 5) is 12.7. The second-order valence-electron chi connectivity index (χ2n) is 6.26. The van der Waals surface area contributed by atoms with Crippen LogP contribution in [-0.4, -0.2) is 57.7 Å². The van der Waals surface area contributed by atoms with Gasteiger partial charge in [-0.15, -0.1) is 0 Å². The molecule has 2 N–H and O–H groups in total. The van der Waals surface area contributed by atoms with E-state index in [2.05, 4.69) is 10.6 Å². The van der Waals surface area contributed by atoms with Crippen molar-refractivity contribution in [2.75, 3.05) is 39.2 Å². The molecule has 0 fully saturated rings. The second kappa shape index (κ2) is 11.0. The Morgan fingerprint density at radius 3 is 2.37 bits per heavy atom. The van der Waals surface area contributed by atoms with Crippen LogP contribution >= 0.6 is 12.2 Å². The number of nitrogens with one attached hydrogen (secondary N) is 2. The topological polar surface area (TPSA) is 97.0 Å². The van der Waals surface area contributed by atoms with E-state index in [1.165, 1.54) is 26.2 Å². The predicted octanol–water partition coefficient (Wildman–Crippen LogP) is 2.48. The van der Waals surface area contributed by atoms with Gasteiger partial charge in [0.25, 0.3) is 5.91 Å². The number of para-hydroxylation sites is 1. The zero-order valence-electron chi connectivity index (χ0n) is 17.0. The third-order valence-corrected chi connectivity index (χ3v) is 5.97. The number of anilines is 1. The first-order chi connectivity index (χ1) is 14.3. The first-order valence-electron chi connectivity index (χ1n) is 9.20. The lowest BCUT2D eigenvalue weighted by atomic mass is 10.2. The molecule has 30 heavy (non-hydrogen) atoms. The van der Waals surface area contributed by atoms with Gasteiger partial charge in [0.05, 0.1) is 17.1 Å². The number of thiocarbonyl (C=S) groups is 1. The molecule has 0 aliphatic heterocycles. The van der Waals surface area contributed by atoms with Gasteiger partial charge in [-0.1, -0.05) is 12.1 Å². The third kappa shape index (κ3) is 6.49. The first-order valence-corrected chi connectivity index (χ1v) is 11.0. The van der Waals surface area contributed by atoms with Crippen molar-refractivity contribution in [3.05, 3.63) is 54.1 Å². The molecule has 2 rings (SSSR count). The summed E-state index contributed by atoms with van der Waals surface area (Å²) >= 11 is 5.19. The highest BCUT2D eigenvalue weighted by Gasteiger charge is 2.17. The predicted molar refractivity (Wildman–Crippen MR) is 119 cm³/mol. The summed E-state index contributed by atoms with van der Waals surface area (Å²) in [6.07, 6.45) is 0. The standard InChI is InChI=1S/C20H25N3O5S2/c1-4-27-13-14-28-18-8-6-5-7-17(18)19(24)22-20(29)21-15-9-11-16(12-10-15)30(25,26)23(2)3/h5-12H,4,13-14H2,1-3H3,(H2,21,22,24,29). The number of rotatable bonds is 9. The summed E-state index contributed by atoms with van der Waals surface area (Å²) in [5, 5.41) is 5.53. The lowest BCUT2D eigenvalue weighted by Crippen LogP contribution is -2.34. The van der Waals surface area contributed by atoms with Crippen LogP contribution in [0.4, 0.5) is 5.69 Å². The van der Waals surface area contributed by atoms with Gasteiger partial charge in [0.2, 0.25) is 10.0 Å². The van der Waals surface area contributed by atoms with Crippen LogP contribution in [-0.2, 0) is 14.8 Å². The van der Waals surface area contributed by atoms with Crippen LogP contribution in [0.3, 0.4) is 0 Å². The largest absolute Gasteiger partial charge is 0.490 e. The number of hydrogen-bond acceptors (Lipinski definition) is 6. The van der Waals surface area contributed by atoms with Gasteiger partial charge in [-0.3, -0.25) is 10.1 Å². The van der Waals surface area contributed by atoms with Gasteiger partial charge < -0.3 is 14.8 Å². The van der Waals surface area contributed by atoms with E-state index in [0.717, 1.165) is 4.31 Å². The van der Waals surface area contributed by atoms with Crippen molar-refractivity contribution in [1.82, 2.24) is 9.62 Å². The number of nitrogens with zero attached hydrogens (tertiary/aromatic N) is 1. The zero-order chi connectivity index (χ0) is 22.1. The average molecular weight is 452 g/mol. The molecule has 0 saturated carbocycles. The molecule has 0 heterocycles.